The summed E-state index contributed by atoms with van der Waals surface area (Å²) in [6.07, 6.45) is 8.62. The molecular weight excluding hydrogens is 640 g/mol. The van der Waals surface area contributed by atoms with Crippen molar-refractivity contribution in [1.29, 1.82) is 0 Å². The normalized spacial score (nSPS) is 31.0. The number of nitrogens with zero attached hydrogens (tertiary/aromatic N) is 1. The third-order valence-electron chi connectivity index (χ3n) is 10.8. The lowest BCUT2D eigenvalue weighted by Gasteiger charge is -2.45. The number of methoxy groups -OCH3 is 1. The molecule has 2 N–H and O–H groups in total. The summed E-state index contributed by atoms with van der Waals surface area (Å²) in [6, 6.07) is 11.4. The van der Waals surface area contributed by atoms with E-state index < -0.39 is 27.3 Å². The van der Waals surface area contributed by atoms with Crippen LogP contribution < -0.4 is 14.4 Å². The monoisotopic (exact) mass is 686 g/mol. The van der Waals surface area contributed by atoms with Crippen LogP contribution in [0.15, 0.2) is 48.6 Å². The highest BCUT2D eigenvalue weighted by Gasteiger charge is 2.44. The molecule has 2 aromatic carbocycles. The number of carbonyl (C=O) groups excluding carboxylic acids is 1. The summed E-state index contributed by atoms with van der Waals surface area (Å²) >= 11 is 6.41. The third kappa shape index (κ3) is 7.37. The quantitative estimate of drug-likeness (QED) is 0.312. The Morgan fingerprint density at radius 1 is 1.15 bits per heavy atom. The number of aliphatic hydroxyl groups is 1. The predicted octanol–water partition coefficient (Wildman–Crippen LogP) is 5.28. The number of halogens is 1. The van der Waals surface area contributed by atoms with Crippen molar-refractivity contribution >= 4 is 33.2 Å². The van der Waals surface area contributed by atoms with Crippen LogP contribution in [0.25, 0.3) is 0 Å². The number of nitrogens with one attached hydrogen (secondary N) is 1. The summed E-state index contributed by atoms with van der Waals surface area (Å²) in [5.41, 5.74) is 3.24. The predicted molar refractivity (Wildman–Crippen MR) is 183 cm³/mol. The number of allylic oxidation sites excluding steroid dienone is 1. The minimum atomic E-state index is -4.08. The third-order valence-corrected chi connectivity index (χ3v) is 13.0. The van der Waals surface area contributed by atoms with E-state index in [9.17, 15) is 18.3 Å². The van der Waals surface area contributed by atoms with Gasteiger partial charge in [0.15, 0.2) is 0 Å². The van der Waals surface area contributed by atoms with Gasteiger partial charge in [0, 0.05) is 42.8 Å². The molecule has 0 unspecified atom stereocenters. The maximum absolute atomic E-state index is 13.8. The number of fused-ring (bicyclic) bond motifs is 4. The van der Waals surface area contributed by atoms with Gasteiger partial charge >= 0.3 is 0 Å². The molecule has 6 atom stereocenters. The Kier molecular flexibility index (Phi) is 10.5. The van der Waals surface area contributed by atoms with E-state index in [-0.39, 0.29) is 41.8 Å². The minimum absolute atomic E-state index is 0.0932. The number of rotatable bonds is 6. The Morgan fingerprint density at radius 2 is 2.00 bits per heavy atom. The van der Waals surface area contributed by atoms with Gasteiger partial charge in [-0.15, -0.1) is 0 Å². The summed E-state index contributed by atoms with van der Waals surface area (Å²) in [5, 5.41) is 11.1. The SMILES string of the molecule is COCCOCC[C@H]1[C@H](C)C/C=C\[C@H](O)[C@@H]2CC[C@H]2CN2C[C@@]3(CCCc4cc(Cl)ccc43)COc3ccc(cc32)C(=O)NS1(=O)=O. The van der Waals surface area contributed by atoms with Crippen LogP contribution in [0.4, 0.5) is 5.69 Å². The lowest BCUT2D eigenvalue weighted by atomic mass is 9.68. The number of sulfonamides is 1. The number of aliphatic hydroxyl groups excluding tert-OH is 1. The van der Waals surface area contributed by atoms with Crippen molar-refractivity contribution in [3.05, 3.63) is 70.3 Å². The van der Waals surface area contributed by atoms with Gasteiger partial charge in [-0.3, -0.25) is 4.79 Å². The molecule has 4 aliphatic rings. The second-order valence-electron chi connectivity index (χ2n) is 13.8. The first kappa shape index (κ1) is 34.2. The molecule has 2 heterocycles. The highest BCUT2D eigenvalue weighted by Crippen LogP contribution is 2.46. The van der Waals surface area contributed by atoms with E-state index in [0.717, 1.165) is 42.8 Å². The molecule has 0 radical (unpaired) electrons. The Balaban J connectivity index is 1.35. The summed E-state index contributed by atoms with van der Waals surface area (Å²) in [6.45, 7) is 4.69. The van der Waals surface area contributed by atoms with Crippen LogP contribution in [-0.4, -0.2) is 77.4 Å². The van der Waals surface area contributed by atoms with E-state index in [1.807, 2.05) is 25.1 Å². The molecule has 0 saturated heterocycles. The lowest BCUT2D eigenvalue weighted by Crippen LogP contribution is -2.49. The maximum Gasteiger partial charge on any atom is 0.264 e. The smallest absolute Gasteiger partial charge is 0.264 e. The van der Waals surface area contributed by atoms with Crippen molar-refractivity contribution < 1.29 is 32.5 Å². The van der Waals surface area contributed by atoms with Crippen molar-refractivity contribution in [2.24, 2.45) is 17.8 Å². The Hall–Kier alpha value is -2.63. The molecule has 2 aromatic rings. The van der Waals surface area contributed by atoms with Crippen molar-refractivity contribution in [3.63, 3.8) is 0 Å². The van der Waals surface area contributed by atoms with Crippen LogP contribution >= 0.6 is 11.6 Å². The maximum atomic E-state index is 13.8. The second kappa shape index (κ2) is 14.5. The van der Waals surface area contributed by atoms with Crippen LogP contribution in [-0.2, 0) is 31.3 Å². The van der Waals surface area contributed by atoms with Gasteiger partial charge in [0.05, 0.1) is 36.9 Å². The number of benzene rings is 2. The fraction of sp³-hybridized carbons (Fsp3) is 0.583. The zero-order valence-corrected chi connectivity index (χ0v) is 28.9. The van der Waals surface area contributed by atoms with Gasteiger partial charge in [-0.1, -0.05) is 36.7 Å². The number of hydrogen-bond donors (Lipinski definition) is 2. The number of amides is 1. The Labute approximate surface area is 283 Å². The van der Waals surface area contributed by atoms with E-state index >= 15 is 0 Å². The van der Waals surface area contributed by atoms with Crippen molar-refractivity contribution in [1.82, 2.24) is 4.72 Å². The van der Waals surface area contributed by atoms with E-state index in [1.54, 1.807) is 25.3 Å². The number of hydrogen-bond acceptors (Lipinski definition) is 8. The molecule has 1 saturated carbocycles. The summed E-state index contributed by atoms with van der Waals surface area (Å²) in [7, 11) is -2.50. The molecule has 1 amide bonds. The van der Waals surface area contributed by atoms with Gasteiger partial charge in [0.2, 0.25) is 10.0 Å². The van der Waals surface area contributed by atoms with Gasteiger partial charge in [-0.05, 0) is 104 Å². The molecule has 2 aliphatic heterocycles. The molecule has 11 heteroatoms. The van der Waals surface area contributed by atoms with Crippen molar-refractivity contribution in [2.45, 2.75) is 68.6 Å². The number of aryl methyl sites for hydroxylation is 1. The Bertz CT molecular complexity index is 1580. The molecule has 1 spiro atoms. The van der Waals surface area contributed by atoms with Crippen molar-refractivity contribution in [2.75, 3.05) is 51.5 Å². The molecule has 2 bridgehead atoms. The molecule has 2 aliphatic carbocycles. The van der Waals surface area contributed by atoms with Crippen molar-refractivity contribution in [3.8, 4) is 5.75 Å². The average molecular weight is 687 g/mol. The number of anilines is 1. The van der Waals surface area contributed by atoms with Crippen LogP contribution in [0.1, 0.15) is 66.9 Å². The first-order valence-corrected chi connectivity index (χ1v) is 18.8. The summed E-state index contributed by atoms with van der Waals surface area (Å²) < 4.78 is 47.1. The highest BCUT2D eigenvalue weighted by atomic mass is 35.5. The van der Waals surface area contributed by atoms with Gasteiger partial charge in [-0.2, -0.15) is 0 Å². The molecular formula is C36H47ClN2O7S. The van der Waals surface area contributed by atoms with Gasteiger partial charge in [-0.25, -0.2) is 13.1 Å². The van der Waals surface area contributed by atoms with E-state index in [2.05, 4.69) is 21.8 Å². The summed E-state index contributed by atoms with van der Waals surface area (Å²) in [5.74, 6) is 0.0306. The van der Waals surface area contributed by atoms with Crippen LogP contribution in [0.3, 0.4) is 0 Å². The number of carbonyl (C=O) groups is 1. The van der Waals surface area contributed by atoms with E-state index in [1.165, 1.54) is 11.1 Å². The zero-order chi connectivity index (χ0) is 33.2. The van der Waals surface area contributed by atoms with Crippen LogP contribution in [0, 0.1) is 17.8 Å². The summed E-state index contributed by atoms with van der Waals surface area (Å²) in [4.78, 5) is 16.0. The minimum Gasteiger partial charge on any atom is -0.490 e. The van der Waals surface area contributed by atoms with Gasteiger partial charge in [0.25, 0.3) is 5.91 Å². The first-order valence-electron chi connectivity index (χ1n) is 16.9. The molecule has 9 nitrogen and oxygen atoms in total. The average Bonchev–Trinajstić information content (AvgIpc) is 3.17. The molecule has 6 rings (SSSR count). The second-order valence-corrected chi connectivity index (χ2v) is 16.2. The molecule has 256 valence electrons. The molecule has 47 heavy (non-hydrogen) atoms. The fourth-order valence-corrected chi connectivity index (χ4v) is 9.84. The van der Waals surface area contributed by atoms with E-state index in [0.29, 0.717) is 45.1 Å². The highest BCUT2D eigenvalue weighted by molar-refractivity contribution is 7.90. The fourth-order valence-electron chi connectivity index (χ4n) is 7.99. The topological polar surface area (TPSA) is 114 Å². The van der Waals surface area contributed by atoms with E-state index in [4.69, 9.17) is 25.8 Å². The first-order chi connectivity index (χ1) is 22.6. The van der Waals surface area contributed by atoms with Gasteiger partial charge < -0.3 is 24.2 Å². The zero-order valence-electron chi connectivity index (χ0n) is 27.3. The van der Waals surface area contributed by atoms with Crippen LogP contribution in [0.5, 0.6) is 5.75 Å². The standard InChI is InChI=1S/C36H47ClN2O7S/c1-24-5-3-7-32(40)29-11-8-27(29)21-39-22-36(15-4-6-25-19-28(37)10-12-30(25)36)23-46-33-13-9-26(20-31(33)39)35(41)38-47(42,43)34(24)14-16-45-18-17-44-2/h3,7,9-10,12-13,19-20,24,27,29,32,34,40H,4-6,8,11,14-18,21-23H2,1-2H3,(H,38,41)/b7-3-/t24-,27+,29-,32+,34+,36+/m1/s1. The van der Waals surface area contributed by atoms with Gasteiger partial charge in [0.1, 0.15) is 5.75 Å². The van der Waals surface area contributed by atoms with Crippen LogP contribution in [0.2, 0.25) is 5.02 Å². The molecule has 0 aromatic heterocycles. The Morgan fingerprint density at radius 3 is 2.79 bits per heavy atom. The largest absolute Gasteiger partial charge is 0.490 e. The molecule has 1 fully saturated rings. The number of ether oxygens (including phenoxy) is 3. The lowest BCUT2D eigenvalue weighted by molar-refractivity contribution is 0.0455.